The van der Waals surface area contributed by atoms with Gasteiger partial charge in [0.25, 0.3) is 0 Å². The van der Waals surface area contributed by atoms with E-state index < -0.39 is 0 Å². The number of amides is 2. The summed E-state index contributed by atoms with van der Waals surface area (Å²) in [5.74, 6) is -0.179. The molecule has 136 valence electrons. The largest absolute Gasteiger partial charge is 0.341 e. The van der Waals surface area contributed by atoms with Crippen molar-refractivity contribution in [1.29, 1.82) is 0 Å². The van der Waals surface area contributed by atoms with Gasteiger partial charge in [-0.2, -0.15) is 0 Å². The molecule has 0 aliphatic carbocycles. The molecule has 2 aromatic carbocycles. The molecule has 1 aliphatic heterocycles. The molecule has 0 N–H and O–H groups in total. The molecule has 1 saturated heterocycles. The first kappa shape index (κ1) is 18.1. The van der Waals surface area contributed by atoms with Crippen molar-refractivity contribution in [3.05, 3.63) is 71.5 Å². The van der Waals surface area contributed by atoms with E-state index in [0.717, 1.165) is 17.5 Å². The molecule has 1 heterocycles. The van der Waals surface area contributed by atoms with E-state index in [2.05, 4.69) is 0 Å². The fraction of sp³-hybridized carbons (Fsp3) is 0.333. The molecule has 4 nitrogen and oxygen atoms in total. The minimum Gasteiger partial charge on any atom is -0.341 e. The summed E-state index contributed by atoms with van der Waals surface area (Å²) in [4.78, 5) is 28.7. The Bertz CT molecular complexity index is 746. The number of carbonyl (C=O) groups is 2. The third kappa shape index (κ3) is 4.91. The first-order valence-electron chi connectivity index (χ1n) is 8.96. The predicted octanol–water partition coefficient (Wildman–Crippen LogP) is 2.67. The molecule has 0 radical (unpaired) electrons. The van der Waals surface area contributed by atoms with Gasteiger partial charge in [0.2, 0.25) is 11.8 Å². The van der Waals surface area contributed by atoms with Crippen molar-refractivity contribution in [2.45, 2.75) is 19.3 Å². The van der Waals surface area contributed by atoms with Gasteiger partial charge in [-0.25, -0.2) is 4.39 Å². The maximum atomic E-state index is 13.0. The van der Waals surface area contributed by atoms with Crippen LogP contribution in [0.3, 0.4) is 0 Å². The minimum atomic E-state index is -0.302. The standard InChI is InChI=1S/C21H23FN2O2/c22-19-9-7-18(8-10-19)16-21(26)24-12-4-11-23(13-14-24)20(25)15-17-5-2-1-3-6-17/h1-3,5-10H,4,11-16H2. The number of carbonyl (C=O) groups excluding carboxylic acids is 2. The quantitative estimate of drug-likeness (QED) is 0.847. The highest BCUT2D eigenvalue weighted by Gasteiger charge is 2.22. The van der Waals surface area contributed by atoms with Gasteiger partial charge in [0, 0.05) is 26.2 Å². The van der Waals surface area contributed by atoms with Gasteiger partial charge < -0.3 is 9.80 Å². The fourth-order valence-electron chi connectivity index (χ4n) is 3.19. The molecule has 1 fully saturated rings. The normalized spacial score (nSPS) is 14.8. The number of nitrogens with zero attached hydrogens (tertiary/aromatic N) is 2. The smallest absolute Gasteiger partial charge is 0.227 e. The summed E-state index contributed by atoms with van der Waals surface area (Å²) in [7, 11) is 0. The van der Waals surface area contributed by atoms with Crippen LogP contribution in [0.15, 0.2) is 54.6 Å². The molecule has 0 spiro atoms. The fourth-order valence-corrected chi connectivity index (χ4v) is 3.19. The molecule has 2 aromatic rings. The van der Waals surface area contributed by atoms with Crippen LogP contribution in [0.2, 0.25) is 0 Å². The summed E-state index contributed by atoms with van der Waals surface area (Å²) in [5, 5.41) is 0. The van der Waals surface area contributed by atoms with Crippen LogP contribution in [0.5, 0.6) is 0 Å². The molecule has 5 heteroatoms. The van der Waals surface area contributed by atoms with Crippen molar-refractivity contribution in [1.82, 2.24) is 9.80 Å². The van der Waals surface area contributed by atoms with Gasteiger partial charge in [0.1, 0.15) is 5.82 Å². The third-order valence-electron chi connectivity index (χ3n) is 4.67. The summed E-state index contributed by atoms with van der Waals surface area (Å²) >= 11 is 0. The van der Waals surface area contributed by atoms with E-state index in [1.807, 2.05) is 35.2 Å². The monoisotopic (exact) mass is 354 g/mol. The van der Waals surface area contributed by atoms with Crippen molar-refractivity contribution in [3.8, 4) is 0 Å². The Morgan fingerprint density at radius 3 is 1.77 bits per heavy atom. The minimum absolute atomic E-state index is 0.0222. The highest BCUT2D eigenvalue weighted by Crippen LogP contribution is 2.10. The second-order valence-corrected chi connectivity index (χ2v) is 6.58. The summed E-state index contributed by atoms with van der Waals surface area (Å²) in [6, 6.07) is 15.7. The van der Waals surface area contributed by atoms with E-state index in [9.17, 15) is 14.0 Å². The van der Waals surface area contributed by atoms with Gasteiger partial charge >= 0.3 is 0 Å². The van der Waals surface area contributed by atoms with Gasteiger partial charge in [0.05, 0.1) is 12.8 Å². The van der Waals surface area contributed by atoms with E-state index in [-0.39, 0.29) is 24.1 Å². The Morgan fingerprint density at radius 2 is 1.23 bits per heavy atom. The van der Waals surface area contributed by atoms with E-state index in [4.69, 9.17) is 0 Å². The Kier molecular flexibility index (Phi) is 6.00. The molecule has 0 atom stereocenters. The lowest BCUT2D eigenvalue weighted by Crippen LogP contribution is -2.38. The average Bonchev–Trinajstić information content (AvgIpc) is 2.91. The second-order valence-electron chi connectivity index (χ2n) is 6.58. The van der Waals surface area contributed by atoms with Gasteiger partial charge in [-0.05, 0) is 29.7 Å². The molecule has 26 heavy (non-hydrogen) atoms. The maximum Gasteiger partial charge on any atom is 0.227 e. The summed E-state index contributed by atoms with van der Waals surface area (Å²) in [5.41, 5.74) is 1.81. The van der Waals surface area contributed by atoms with Crippen molar-refractivity contribution in [3.63, 3.8) is 0 Å². The molecular weight excluding hydrogens is 331 g/mol. The predicted molar refractivity (Wildman–Crippen MR) is 98.0 cm³/mol. The van der Waals surface area contributed by atoms with Gasteiger partial charge in [-0.3, -0.25) is 9.59 Å². The summed E-state index contributed by atoms with van der Waals surface area (Å²) in [6.07, 6.45) is 1.43. The molecule has 3 rings (SSSR count). The first-order chi connectivity index (χ1) is 12.6. The topological polar surface area (TPSA) is 40.6 Å². The van der Waals surface area contributed by atoms with Crippen molar-refractivity contribution < 1.29 is 14.0 Å². The molecular formula is C21H23FN2O2. The Morgan fingerprint density at radius 1 is 0.731 bits per heavy atom. The van der Waals surface area contributed by atoms with Crippen molar-refractivity contribution in [2.24, 2.45) is 0 Å². The SMILES string of the molecule is O=C(Cc1ccccc1)N1CCCN(C(=O)Cc2ccc(F)cc2)CC1. The first-order valence-corrected chi connectivity index (χ1v) is 8.96. The average molecular weight is 354 g/mol. The molecule has 2 amide bonds. The van der Waals surface area contributed by atoms with Crippen LogP contribution in [0.4, 0.5) is 4.39 Å². The number of halogens is 1. The summed E-state index contributed by atoms with van der Waals surface area (Å²) < 4.78 is 13.0. The van der Waals surface area contributed by atoms with Crippen LogP contribution in [0.1, 0.15) is 17.5 Å². The highest BCUT2D eigenvalue weighted by atomic mass is 19.1. The molecule has 0 saturated carbocycles. The van der Waals surface area contributed by atoms with E-state index >= 15 is 0 Å². The zero-order valence-corrected chi connectivity index (χ0v) is 14.7. The van der Waals surface area contributed by atoms with Crippen molar-refractivity contribution >= 4 is 11.8 Å². The number of hydrogen-bond acceptors (Lipinski definition) is 2. The Balaban J connectivity index is 1.53. The van der Waals surface area contributed by atoms with Crippen LogP contribution < -0.4 is 0 Å². The van der Waals surface area contributed by atoms with Crippen LogP contribution in [0, 0.1) is 5.82 Å². The zero-order valence-electron chi connectivity index (χ0n) is 14.7. The molecule has 0 aromatic heterocycles. The summed E-state index contributed by atoms with van der Waals surface area (Å²) in [6.45, 7) is 2.42. The molecule has 0 unspecified atom stereocenters. The second kappa shape index (κ2) is 8.61. The Hall–Kier alpha value is -2.69. The number of benzene rings is 2. The maximum absolute atomic E-state index is 13.0. The molecule has 1 aliphatic rings. The Labute approximate surface area is 153 Å². The lowest BCUT2D eigenvalue weighted by Gasteiger charge is -2.22. The molecule has 0 bridgehead atoms. The van der Waals surface area contributed by atoms with Crippen LogP contribution in [-0.4, -0.2) is 47.8 Å². The van der Waals surface area contributed by atoms with Gasteiger partial charge in [0.15, 0.2) is 0 Å². The van der Waals surface area contributed by atoms with E-state index in [0.29, 0.717) is 32.6 Å². The zero-order chi connectivity index (χ0) is 18.4. The lowest BCUT2D eigenvalue weighted by atomic mass is 10.1. The van der Waals surface area contributed by atoms with Gasteiger partial charge in [-0.1, -0.05) is 42.5 Å². The highest BCUT2D eigenvalue weighted by molar-refractivity contribution is 5.80. The van der Waals surface area contributed by atoms with Crippen molar-refractivity contribution in [2.75, 3.05) is 26.2 Å². The van der Waals surface area contributed by atoms with Gasteiger partial charge in [-0.15, -0.1) is 0 Å². The number of hydrogen-bond donors (Lipinski definition) is 0. The lowest BCUT2D eigenvalue weighted by molar-refractivity contribution is -0.132. The van der Waals surface area contributed by atoms with E-state index in [1.54, 1.807) is 17.0 Å². The number of rotatable bonds is 4. The van der Waals surface area contributed by atoms with E-state index in [1.165, 1.54) is 12.1 Å². The van der Waals surface area contributed by atoms with Crippen LogP contribution >= 0.6 is 0 Å². The van der Waals surface area contributed by atoms with Crippen LogP contribution in [-0.2, 0) is 22.4 Å². The third-order valence-corrected chi connectivity index (χ3v) is 4.67. The van der Waals surface area contributed by atoms with Crippen LogP contribution in [0.25, 0.3) is 0 Å².